The molecule has 0 saturated carbocycles. The highest BCUT2D eigenvalue weighted by Crippen LogP contribution is 2.01. The summed E-state index contributed by atoms with van der Waals surface area (Å²) < 4.78 is 9.41. The lowest BCUT2D eigenvalue weighted by atomic mass is 10.2. The third-order valence-corrected chi connectivity index (χ3v) is 1.97. The molecule has 0 bridgehead atoms. The molecule has 0 fully saturated rings. The molecule has 110 valence electrons. The van der Waals surface area contributed by atoms with E-state index in [-0.39, 0.29) is 24.5 Å². The molecule has 0 radical (unpaired) electrons. The minimum Gasteiger partial charge on any atom is -0.471 e. The summed E-state index contributed by atoms with van der Waals surface area (Å²) in [7, 11) is 0. The van der Waals surface area contributed by atoms with Gasteiger partial charge in [-0.2, -0.15) is 0 Å². The van der Waals surface area contributed by atoms with Gasteiger partial charge in [-0.3, -0.25) is 10.2 Å². The van der Waals surface area contributed by atoms with Crippen molar-refractivity contribution in [3.63, 3.8) is 0 Å². The number of esters is 2. The summed E-state index contributed by atoms with van der Waals surface area (Å²) in [5.41, 5.74) is -0.170. The molecule has 0 heterocycles. The number of carbonyl (C=O) groups excluding carboxylic acids is 2. The zero-order valence-electron chi connectivity index (χ0n) is 11.9. The standard InChI is InChI=1S/C15H16N2O4/c1-4-20-14(18)12(11-16)9-7-6-8-10-13(17-3)15(19)21-5-2/h6-10,16H,4-5H2,1-2H3. The number of hydrogen-bond donors (Lipinski definition) is 1. The topological polar surface area (TPSA) is 80.8 Å². The van der Waals surface area contributed by atoms with Crippen molar-refractivity contribution < 1.29 is 19.1 Å². The van der Waals surface area contributed by atoms with Crippen molar-refractivity contribution in [2.45, 2.75) is 13.8 Å². The molecule has 0 aliphatic rings. The van der Waals surface area contributed by atoms with Gasteiger partial charge in [0.05, 0.1) is 19.8 Å². The quantitative estimate of drug-likeness (QED) is 0.256. The Labute approximate surface area is 123 Å². The molecule has 6 heteroatoms. The smallest absolute Gasteiger partial charge is 0.347 e. The molecule has 0 aromatic rings. The van der Waals surface area contributed by atoms with Gasteiger partial charge in [0.25, 0.3) is 5.70 Å². The van der Waals surface area contributed by atoms with E-state index in [4.69, 9.17) is 21.5 Å². The van der Waals surface area contributed by atoms with E-state index < -0.39 is 11.9 Å². The van der Waals surface area contributed by atoms with Crippen LogP contribution >= 0.6 is 0 Å². The highest BCUT2D eigenvalue weighted by molar-refractivity contribution is 6.00. The number of allylic oxidation sites excluding steroid dienone is 4. The molecule has 0 atom stereocenters. The zero-order valence-corrected chi connectivity index (χ0v) is 11.9. The SMILES string of the molecule is [C-]#[N+]C(=CC=CC=CC(=C=N)C(=O)OCC)C(=O)OCC. The average Bonchev–Trinajstić information content (AvgIpc) is 2.47. The first-order valence-electron chi connectivity index (χ1n) is 6.17. The summed E-state index contributed by atoms with van der Waals surface area (Å²) >= 11 is 0. The Morgan fingerprint density at radius 2 is 1.76 bits per heavy atom. The summed E-state index contributed by atoms with van der Waals surface area (Å²) in [5.74, 6) is 0.641. The van der Waals surface area contributed by atoms with Gasteiger partial charge >= 0.3 is 11.9 Å². The van der Waals surface area contributed by atoms with E-state index in [1.54, 1.807) is 13.8 Å². The molecule has 6 nitrogen and oxygen atoms in total. The van der Waals surface area contributed by atoms with Crippen molar-refractivity contribution in [1.29, 1.82) is 5.41 Å². The summed E-state index contributed by atoms with van der Waals surface area (Å²) in [5, 5.41) is 6.97. The van der Waals surface area contributed by atoms with Crippen molar-refractivity contribution in [2.75, 3.05) is 13.2 Å². The Kier molecular flexibility index (Phi) is 9.46. The number of rotatable bonds is 7. The van der Waals surface area contributed by atoms with Crippen LogP contribution in [0.15, 0.2) is 41.7 Å². The van der Waals surface area contributed by atoms with Crippen LogP contribution in [0.3, 0.4) is 0 Å². The van der Waals surface area contributed by atoms with Gasteiger partial charge < -0.3 is 9.47 Å². The van der Waals surface area contributed by atoms with Crippen LogP contribution in [0.2, 0.25) is 0 Å². The maximum atomic E-state index is 11.3. The van der Waals surface area contributed by atoms with Crippen LogP contribution in [-0.4, -0.2) is 31.0 Å². The maximum Gasteiger partial charge on any atom is 0.347 e. The molecule has 0 spiro atoms. The van der Waals surface area contributed by atoms with Crippen LogP contribution in [0.25, 0.3) is 4.85 Å². The number of carbonyl (C=O) groups is 2. The first-order valence-corrected chi connectivity index (χ1v) is 6.17. The molecule has 0 rings (SSSR count). The Balaban J connectivity index is 4.73. The molecule has 0 unspecified atom stereocenters. The number of nitrogens with zero attached hydrogens (tertiary/aromatic N) is 1. The van der Waals surface area contributed by atoms with Crippen LogP contribution < -0.4 is 0 Å². The Bertz CT molecular complexity index is 559. The van der Waals surface area contributed by atoms with Crippen molar-refractivity contribution in [3.05, 3.63) is 53.1 Å². The summed E-state index contributed by atoms with van der Waals surface area (Å²) in [6, 6.07) is 0. The number of hydrogen-bond acceptors (Lipinski definition) is 5. The Morgan fingerprint density at radius 1 is 1.14 bits per heavy atom. The average molecular weight is 288 g/mol. The second-order valence-corrected chi connectivity index (χ2v) is 3.39. The molecular weight excluding hydrogens is 272 g/mol. The van der Waals surface area contributed by atoms with E-state index in [9.17, 15) is 9.59 Å². The third-order valence-electron chi connectivity index (χ3n) is 1.97. The Morgan fingerprint density at radius 3 is 2.29 bits per heavy atom. The molecule has 0 amide bonds. The van der Waals surface area contributed by atoms with Crippen LogP contribution in [0.4, 0.5) is 0 Å². The zero-order chi connectivity index (χ0) is 16.1. The van der Waals surface area contributed by atoms with Gasteiger partial charge in [-0.05, 0) is 31.9 Å². The monoisotopic (exact) mass is 288 g/mol. The molecule has 0 saturated heterocycles. The minimum atomic E-state index is -0.687. The fraction of sp³-hybridized carbons (Fsp3) is 0.267. The third kappa shape index (κ3) is 7.31. The van der Waals surface area contributed by atoms with E-state index in [0.29, 0.717) is 0 Å². The molecule has 0 aliphatic heterocycles. The van der Waals surface area contributed by atoms with Crippen LogP contribution in [-0.2, 0) is 19.1 Å². The molecule has 1 N–H and O–H groups in total. The van der Waals surface area contributed by atoms with Gasteiger partial charge in [0, 0.05) is 0 Å². The van der Waals surface area contributed by atoms with Crippen LogP contribution in [0.5, 0.6) is 0 Å². The molecule has 21 heavy (non-hydrogen) atoms. The van der Waals surface area contributed by atoms with Gasteiger partial charge in [0.15, 0.2) is 0 Å². The van der Waals surface area contributed by atoms with Gasteiger partial charge in [0.2, 0.25) is 0 Å². The van der Waals surface area contributed by atoms with Crippen LogP contribution in [0, 0.1) is 12.0 Å². The van der Waals surface area contributed by atoms with E-state index in [1.165, 1.54) is 30.4 Å². The van der Waals surface area contributed by atoms with Gasteiger partial charge in [0.1, 0.15) is 5.57 Å². The lowest BCUT2D eigenvalue weighted by Gasteiger charge is -1.98. The number of ether oxygens (including phenoxy) is 2. The molecule has 0 aromatic heterocycles. The highest BCUT2D eigenvalue weighted by atomic mass is 16.5. The first-order chi connectivity index (χ1) is 10.1. The van der Waals surface area contributed by atoms with Crippen LogP contribution in [0.1, 0.15) is 13.8 Å². The second-order valence-electron chi connectivity index (χ2n) is 3.39. The van der Waals surface area contributed by atoms with E-state index in [0.717, 1.165) is 0 Å². The second kappa shape index (κ2) is 11.0. The van der Waals surface area contributed by atoms with Crippen molar-refractivity contribution in [1.82, 2.24) is 0 Å². The maximum absolute atomic E-state index is 11.3. The fourth-order valence-electron chi connectivity index (χ4n) is 1.09. The van der Waals surface area contributed by atoms with Gasteiger partial charge in [-0.1, -0.05) is 18.2 Å². The van der Waals surface area contributed by atoms with Gasteiger partial charge in [-0.25, -0.2) is 9.64 Å². The van der Waals surface area contributed by atoms with Crippen molar-refractivity contribution in [3.8, 4) is 0 Å². The summed E-state index contributed by atoms with van der Waals surface area (Å²) in [6.45, 7) is 10.6. The number of nitrogens with one attached hydrogen (secondary N) is 1. The minimum absolute atomic E-state index is 0.0266. The molecule has 0 aromatic carbocycles. The predicted octanol–water partition coefficient (Wildman–Crippen LogP) is 2.20. The van der Waals surface area contributed by atoms with Crippen molar-refractivity contribution >= 4 is 17.8 Å². The van der Waals surface area contributed by atoms with E-state index in [1.807, 2.05) is 5.87 Å². The molecule has 0 aliphatic carbocycles. The summed E-state index contributed by atoms with van der Waals surface area (Å²) in [4.78, 5) is 25.7. The fourth-order valence-corrected chi connectivity index (χ4v) is 1.09. The van der Waals surface area contributed by atoms with Gasteiger partial charge in [-0.15, -0.1) is 0 Å². The lowest BCUT2D eigenvalue weighted by Crippen LogP contribution is -2.06. The first kappa shape index (κ1) is 18.1. The normalized spacial score (nSPS) is 11.0. The van der Waals surface area contributed by atoms with E-state index >= 15 is 0 Å². The van der Waals surface area contributed by atoms with E-state index in [2.05, 4.69) is 4.85 Å². The largest absolute Gasteiger partial charge is 0.471 e. The highest BCUT2D eigenvalue weighted by Gasteiger charge is 2.08. The summed E-state index contributed by atoms with van der Waals surface area (Å²) in [6.07, 6.45) is 7.07. The Hall–Kier alpha value is -2.90. The molecular formula is C15H16N2O4. The van der Waals surface area contributed by atoms with Crippen molar-refractivity contribution in [2.24, 2.45) is 0 Å². The predicted molar refractivity (Wildman–Crippen MR) is 77.5 cm³/mol. The lowest BCUT2D eigenvalue weighted by molar-refractivity contribution is -0.138.